The van der Waals surface area contributed by atoms with Crippen molar-refractivity contribution in [1.82, 2.24) is 0 Å². The third-order valence-electron chi connectivity index (χ3n) is 4.60. The molecule has 0 bridgehead atoms. The Balaban J connectivity index is 2.15. The van der Waals surface area contributed by atoms with E-state index >= 15 is 0 Å². The fraction of sp³-hybridized carbons (Fsp3) is 0.769. The van der Waals surface area contributed by atoms with Crippen molar-refractivity contribution in [2.75, 3.05) is 0 Å². The van der Waals surface area contributed by atoms with Crippen molar-refractivity contribution in [1.29, 1.82) is 0 Å². The van der Waals surface area contributed by atoms with Crippen LogP contribution in [0.1, 0.15) is 45.4 Å². The van der Waals surface area contributed by atoms with E-state index in [4.69, 9.17) is 5.11 Å². The highest BCUT2D eigenvalue weighted by Crippen LogP contribution is 2.52. The van der Waals surface area contributed by atoms with E-state index in [2.05, 4.69) is 0 Å². The summed E-state index contributed by atoms with van der Waals surface area (Å²) in [6.45, 7) is 1.95. The summed E-state index contributed by atoms with van der Waals surface area (Å²) in [5, 5.41) is 8.71. The Labute approximate surface area is 100 Å². The number of hydrogen-bond donors (Lipinski definition) is 1. The van der Waals surface area contributed by atoms with Gasteiger partial charge in [0.1, 0.15) is 11.6 Å². The maximum atomic E-state index is 11.9. The summed E-state index contributed by atoms with van der Waals surface area (Å²) in [7, 11) is 0. The molecule has 1 N–H and O–H groups in total. The maximum Gasteiger partial charge on any atom is 0.303 e. The van der Waals surface area contributed by atoms with Crippen molar-refractivity contribution in [3.8, 4) is 0 Å². The molecule has 0 aliphatic heterocycles. The van der Waals surface area contributed by atoms with Crippen molar-refractivity contribution >= 4 is 17.5 Å². The zero-order chi connectivity index (χ0) is 12.6. The predicted molar refractivity (Wildman–Crippen MR) is 60.4 cm³/mol. The normalized spacial score (nSPS) is 37.0. The number of carboxylic acids is 1. The molecule has 2 saturated carbocycles. The molecule has 0 amide bonds. The molecule has 1 unspecified atom stereocenters. The molecule has 0 aromatic carbocycles. The van der Waals surface area contributed by atoms with Crippen LogP contribution >= 0.6 is 0 Å². The first-order valence-corrected chi connectivity index (χ1v) is 6.23. The van der Waals surface area contributed by atoms with E-state index in [0.29, 0.717) is 25.7 Å². The second-order valence-electron chi connectivity index (χ2n) is 5.49. The number of fused-ring (bicyclic) bond motifs is 1. The molecule has 3 atom stereocenters. The Kier molecular flexibility index (Phi) is 3.06. The fourth-order valence-corrected chi connectivity index (χ4v) is 3.50. The molecule has 4 heteroatoms. The fourth-order valence-electron chi connectivity index (χ4n) is 3.50. The van der Waals surface area contributed by atoms with E-state index in [9.17, 15) is 14.4 Å². The van der Waals surface area contributed by atoms with Gasteiger partial charge in [-0.1, -0.05) is 6.92 Å². The van der Waals surface area contributed by atoms with Gasteiger partial charge in [0.2, 0.25) is 0 Å². The van der Waals surface area contributed by atoms with E-state index < -0.39 is 5.97 Å². The van der Waals surface area contributed by atoms with Crippen molar-refractivity contribution in [2.24, 2.45) is 17.3 Å². The molecule has 2 fully saturated rings. The van der Waals surface area contributed by atoms with Gasteiger partial charge in [0.05, 0.1) is 0 Å². The molecule has 94 valence electrons. The topological polar surface area (TPSA) is 71.4 Å². The lowest BCUT2D eigenvalue weighted by Crippen LogP contribution is -2.42. The number of carbonyl (C=O) groups excluding carboxylic acids is 2. The second-order valence-corrected chi connectivity index (χ2v) is 5.49. The van der Waals surface area contributed by atoms with Gasteiger partial charge in [-0.2, -0.15) is 0 Å². The molecule has 0 spiro atoms. The number of rotatable bonds is 3. The maximum absolute atomic E-state index is 11.9. The molecule has 0 aromatic heterocycles. The molecule has 0 saturated heterocycles. The monoisotopic (exact) mass is 238 g/mol. The summed E-state index contributed by atoms with van der Waals surface area (Å²) >= 11 is 0. The van der Waals surface area contributed by atoms with E-state index in [1.165, 1.54) is 0 Å². The molecule has 2 aliphatic rings. The Bertz CT molecular complexity index is 374. The Morgan fingerprint density at radius 2 is 2.12 bits per heavy atom. The summed E-state index contributed by atoms with van der Waals surface area (Å²) in [5.41, 5.74) is -0.364. The number of Topliss-reactive ketones (excluding diaryl/α,β-unsaturated/α-hetero) is 2. The number of aliphatic carboxylic acids is 1. The molecular weight excluding hydrogens is 220 g/mol. The molecule has 0 radical (unpaired) electrons. The SMILES string of the molecule is C[C@]12CCC(=O)C(CCC(=O)O)[C@@H]1CCC2=O. The molecule has 0 aromatic rings. The lowest BCUT2D eigenvalue weighted by Gasteiger charge is -2.39. The number of carboxylic acid groups (broad SMARTS) is 1. The van der Waals surface area contributed by atoms with Crippen LogP contribution in [0.5, 0.6) is 0 Å². The quantitative estimate of drug-likeness (QED) is 0.814. The zero-order valence-corrected chi connectivity index (χ0v) is 10.1. The van der Waals surface area contributed by atoms with Gasteiger partial charge in [-0.15, -0.1) is 0 Å². The minimum Gasteiger partial charge on any atom is -0.481 e. The molecule has 4 nitrogen and oxygen atoms in total. The molecular formula is C13H18O4. The highest BCUT2D eigenvalue weighted by molar-refractivity contribution is 5.92. The van der Waals surface area contributed by atoms with Crippen LogP contribution in [-0.4, -0.2) is 22.6 Å². The van der Waals surface area contributed by atoms with E-state index in [-0.39, 0.29) is 35.2 Å². The first-order valence-electron chi connectivity index (χ1n) is 6.23. The van der Waals surface area contributed by atoms with Gasteiger partial charge in [0.25, 0.3) is 0 Å². The molecule has 2 rings (SSSR count). The van der Waals surface area contributed by atoms with Crippen LogP contribution in [0.15, 0.2) is 0 Å². The summed E-state index contributed by atoms with van der Waals surface area (Å²) < 4.78 is 0. The van der Waals surface area contributed by atoms with Crippen LogP contribution in [0.25, 0.3) is 0 Å². The number of ketones is 2. The first-order chi connectivity index (χ1) is 7.95. The highest BCUT2D eigenvalue weighted by atomic mass is 16.4. The minimum absolute atomic E-state index is 0.0250. The van der Waals surface area contributed by atoms with E-state index in [1.54, 1.807) is 0 Å². The van der Waals surface area contributed by atoms with Gasteiger partial charge in [-0.3, -0.25) is 14.4 Å². The summed E-state index contributed by atoms with van der Waals surface area (Å²) in [6, 6.07) is 0. The van der Waals surface area contributed by atoms with Crippen molar-refractivity contribution in [3.05, 3.63) is 0 Å². The van der Waals surface area contributed by atoms with Crippen LogP contribution in [0, 0.1) is 17.3 Å². The zero-order valence-electron chi connectivity index (χ0n) is 10.1. The largest absolute Gasteiger partial charge is 0.481 e. The Morgan fingerprint density at radius 3 is 2.76 bits per heavy atom. The highest BCUT2D eigenvalue weighted by Gasteiger charge is 2.53. The van der Waals surface area contributed by atoms with Crippen molar-refractivity contribution in [3.63, 3.8) is 0 Å². The lowest BCUT2D eigenvalue weighted by molar-refractivity contribution is -0.139. The van der Waals surface area contributed by atoms with Crippen LogP contribution < -0.4 is 0 Å². The average Bonchev–Trinajstić information content (AvgIpc) is 2.55. The average molecular weight is 238 g/mol. The standard InChI is InChI=1S/C13H18O4/c1-13-7-6-10(14)8(2-5-12(16)17)9(13)3-4-11(13)15/h8-9H,2-7H2,1H3,(H,16,17)/t8?,9-,13-/m0/s1. The first kappa shape index (κ1) is 12.3. The number of hydrogen-bond acceptors (Lipinski definition) is 3. The van der Waals surface area contributed by atoms with Crippen LogP contribution in [-0.2, 0) is 14.4 Å². The van der Waals surface area contributed by atoms with Crippen molar-refractivity contribution < 1.29 is 19.5 Å². The van der Waals surface area contributed by atoms with Gasteiger partial charge >= 0.3 is 5.97 Å². The molecule has 0 heterocycles. The summed E-state index contributed by atoms with van der Waals surface area (Å²) in [6.07, 6.45) is 2.81. The third kappa shape index (κ3) is 2.01. The second kappa shape index (κ2) is 4.24. The van der Waals surface area contributed by atoms with Crippen LogP contribution in [0.4, 0.5) is 0 Å². The van der Waals surface area contributed by atoms with Crippen LogP contribution in [0.3, 0.4) is 0 Å². The van der Waals surface area contributed by atoms with Gasteiger partial charge in [-0.05, 0) is 25.2 Å². The Morgan fingerprint density at radius 1 is 1.41 bits per heavy atom. The molecule has 2 aliphatic carbocycles. The molecule has 17 heavy (non-hydrogen) atoms. The van der Waals surface area contributed by atoms with Gasteiger partial charge in [0, 0.05) is 30.6 Å². The van der Waals surface area contributed by atoms with E-state index in [1.807, 2.05) is 6.92 Å². The van der Waals surface area contributed by atoms with E-state index in [0.717, 1.165) is 6.42 Å². The minimum atomic E-state index is -0.866. The van der Waals surface area contributed by atoms with Crippen molar-refractivity contribution in [2.45, 2.75) is 45.4 Å². The Hall–Kier alpha value is -1.19. The third-order valence-corrected chi connectivity index (χ3v) is 4.60. The number of carbonyl (C=O) groups is 3. The van der Waals surface area contributed by atoms with Gasteiger partial charge in [0.15, 0.2) is 0 Å². The predicted octanol–water partition coefficient (Wildman–Crippen LogP) is 1.82. The smallest absolute Gasteiger partial charge is 0.303 e. The van der Waals surface area contributed by atoms with Gasteiger partial charge in [-0.25, -0.2) is 0 Å². The van der Waals surface area contributed by atoms with Gasteiger partial charge < -0.3 is 5.11 Å². The van der Waals surface area contributed by atoms with Crippen LogP contribution in [0.2, 0.25) is 0 Å². The lowest BCUT2D eigenvalue weighted by atomic mass is 9.62. The summed E-state index contributed by atoms with van der Waals surface area (Å²) in [5.74, 6) is -0.583. The summed E-state index contributed by atoms with van der Waals surface area (Å²) in [4.78, 5) is 34.4.